The van der Waals surface area contributed by atoms with Gasteiger partial charge in [0.1, 0.15) is 18.3 Å². The van der Waals surface area contributed by atoms with E-state index in [0.717, 1.165) is 21.7 Å². The summed E-state index contributed by atoms with van der Waals surface area (Å²) in [5.74, 6) is -0.200. The van der Waals surface area contributed by atoms with Gasteiger partial charge >= 0.3 is 0 Å². The fraction of sp³-hybridized carbons (Fsp3) is 0.440. The number of rotatable bonds is 11. The standard InChI is InChI=1S/C25H34ClN3O5S/c1-17(2)14-27-25(31)19(4)28(15-20-9-7-8-18(3)12-20)24(30)16-29(35(6,32)33)21-10-11-23(34-5)22(26)13-21/h7-13,17,19H,14-16H2,1-6H3,(H,27,31). The maximum atomic E-state index is 13.5. The number of anilines is 1. The molecule has 0 aromatic heterocycles. The Hall–Kier alpha value is -2.78. The Kier molecular flexibility index (Phi) is 9.97. The van der Waals surface area contributed by atoms with E-state index in [4.69, 9.17) is 16.3 Å². The van der Waals surface area contributed by atoms with Crippen LogP contribution >= 0.6 is 11.6 Å². The molecule has 0 saturated carbocycles. The monoisotopic (exact) mass is 523 g/mol. The van der Waals surface area contributed by atoms with Gasteiger partial charge in [-0.25, -0.2) is 8.42 Å². The number of hydrogen-bond acceptors (Lipinski definition) is 5. The summed E-state index contributed by atoms with van der Waals surface area (Å²) < 4.78 is 31.4. The zero-order chi connectivity index (χ0) is 26.3. The van der Waals surface area contributed by atoms with Crippen molar-refractivity contribution in [1.82, 2.24) is 10.2 Å². The summed E-state index contributed by atoms with van der Waals surface area (Å²) in [6.07, 6.45) is 1.02. The van der Waals surface area contributed by atoms with E-state index in [0.29, 0.717) is 12.3 Å². The number of benzene rings is 2. The molecule has 1 unspecified atom stereocenters. The van der Waals surface area contributed by atoms with Gasteiger partial charge in [-0.05, 0) is 43.5 Å². The van der Waals surface area contributed by atoms with Crippen LogP contribution in [0, 0.1) is 12.8 Å². The van der Waals surface area contributed by atoms with Gasteiger partial charge < -0.3 is 15.0 Å². The molecule has 35 heavy (non-hydrogen) atoms. The van der Waals surface area contributed by atoms with Crippen molar-refractivity contribution in [2.45, 2.75) is 40.3 Å². The molecule has 8 nitrogen and oxygen atoms in total. The van der Waals surface area contributed by atoms with Crippen LogP contribution in [0.5, 0.6) is 5.75 Å². The van der Waals surface area contributed by atoms with Crippen molar-refractivity contribution in [1.29, 1.82) is 0 Å². The molecule has 1 N–H and O–H groups in total. The highest BCUT2D eigenvalue weighted by Crippen LogP contribution is 2.30. The van der Waals surface area contributed by atoms with Crippen LogP contribution in [-0.2, 0) is 26.2 Å². The van der Waals surface area contributed by atoms with Gasteiger partial charge in [-0.1, -0.05) is 55.3 Å². The summed E-state index contributed by atoms with van der Waals surface area (Å²) in [4.78, 5) is 27.8. The van der Waals surface area contributed by atoms with Gasteiger partial charge in [0.25, 0.3) is 0 Å². The molecule has 2 amide bonds. The van der Waals surface area contributed by atoms with Gasteiger partial charge in [-0.15, -0.1) is 0 Å². The Labute approximate surface area is 213 Å². The second-order valence-corrected chi connectivity index (χ2v) is 11.2. The summed E-state index contributed by atoms with van der Waals surface area (Å²) in [5, 5.41) is 3.07. The van der Waals surface area contributed by atoms with Gasteiger partial charge in [0, 0.05) is 13.1 Å². The van der Waals surface area contributed by atoms with Crippen LogP contribution in [0.4, 0.5) is 5.69 Å². The molecule has 192 valence electrons. The topological polar surface area (TPSA) is 96.0 Å². The molecule has 0 radical (unpaired) electrons. The highest BCUT2D eigenvalue weighted by Gasteiger charge is 2.30. The maximum absolute atomic E-state index is 13.5. The Morgan fingerprint density at radius 1 is 1.11 bits per heavy atom. The normalized spacial score (nSPS) is 12.2. The molecule has 2 aromatic carbocycles. The fourth-order valence-electron chi connectivity index (χ4n) is 3.47. The Bertz CT molecular complexity index is 1150. The van der Waals surface area contributed by atoms with Crippen molar-refractivity contribution >= 4 is 39.1 Å². The van der Waals surface area contributed by atoms with Crippen molar-refractivity contribution in [3.05, 3.63) is 58.6 Å². The third-order valence-electron chi connectivity index (χ3n) is 5.39. The first kappa shape index (κ1) is 28.5. The third-order valence-corrected chi connectivity index (χ3v) is 6.83. The Morgan fingerprint density at radius 2 is 1.80 bits per heavy atom. The molecular formula is C25H34ClN3O5S. The SMILES string of the molecule is COc1ccc(N(CC(=O)N(Cc2cccc(C)c2)C(C)C(=O)NCC(C)C)S(C)(=O)=O)cc1Cl. The lowest BCUT2D eigenvalue weighted by atomic mass is 10.1. The number of carbonyl (C=O) groups excluding carboxylic acids is 2. The van der Waals surface area contributed by atoms with E-state index in [2.05, 4.69) is 5.32 Å². The van der Waals surface area contributed by atoms with Crippen molar-refractivity contribution in [2.24, 2.45) is 5.92 Å². The van der Waals surface area contributed by atoms with E-state index in [1.165, 1.54) is 30.2 Å². The number of amides is 2. The first-order chi connectivity index (χ1) is 16.3. The molecule has 2 aromatic rings. The van der Waals surface area contributed by atoms with E-state index >= 15 is 0 Å². The van der Waals surface area contributed by atoms with E-state index in [1.54, 1.807) is 6.92 Å². The zero-order valence-corrected chi connectivity index (χ0v) is 22.6. The predicted octanol–water partition coefficient (Wildman–Crippen LogP) is 3.61. The molecule has 0 aliphatic rings. The minimum absolute atomic E-state index is 0.151. The maximum Gasteiger partial charge on any atom is 0.244 e. The van der Waals surface area contributed by atoms with E-state index in [-0.39, 0.29) is 29.1 Å². The third kappa shape index (κ3) is 8.14. The molecule has 0 aliphatic carbocycles. The predicted molar refractivity (Wildman–Crippen MR) is 139 cm³/mol. The van der Waals surface area contributed by atoms with Gasteiger partial charge in [0.05, 0.1) is 24.1 Å². The lowest BCUT2D eigenvalue weighted by molar-refractivity contribution is -0.139. The quantitative estimate of drug-likeness (QED) is 0.485. The summed E-state index contributed by atoms with van der Waals surface area (Å²) in [5.41, 5.74) is 2.07. The first-order valence-electron chi connectivity index (χ1n) is 11.3. The average Bonchev–Trinajstić information content (AvgIpc) is 2.78. The number of carbonyl (C=O) groups is 2. The van der Waals surface area contributed by atoms with Crippen LogP contribution in [0.1, 0.15) is 31.9 Å². The van der Waals surface area contributed by atoms with E-state index < -0.39 is 28.5 Å². The van der Waals surface area contributed by atoms with Crippen LogP contribution in [0.3, 0.4) is 0 Å². The Morgan fingerprint density at radius 3 is 2.34 bits per heavy atom. The number of ether oxygens (including phenoxy) is 1. The Balaban J connectivity index is 2.39. The molecule has 0 aliphatic heterocycles. The molecular weight excluding hydrogens is 490 g/mol. The van der Waals surface area contributed by atoms with Gasteiger partial charge in [-0.2, -0.15) is 0 Å². The minimum Gasteiger partial charge on any atom is -0.495 e. The second kappa shape index (κ2) is 12.3. The van der Waals surface area contributed by atoms with Gasteiger partial charge in [0.15, 0.2) is 0 Å². The largest absolute Gasteiger partial charge is 0.495 e. The van der Waals surface area contributed by atoms with Crippen LogP contribution in [-0.4, -0.2) is 57.6 Å². The first-order valence-corrected chi connectivity index (χ1v) is 13.5. The second-order valence-electron chi connectivity index (χ2n) is 8.91. The van der Waals surface area contributed by atoms with Crippen molar-refractivity contribution < 1.29 is 22.7 Å². The molecule has 0 saturated heterocycles. The number of aryl methyl sites for hydroxylation is 1. The summed E-state index contributed by atoms with van der Waals surface area (Å²) in [6, 6.07) is 11.3. The smallest absolute Gasteiger partial charge is 0.244 e. The van der Waals surface area contributed by atoms with Crippen molar-refractivity contribution in [3.8, 4) is 5.75 Å². The molecule has 1 atom stereocenters. The number of halogens is 1. The molecule has 10 heteroatoms. The number of methoxy groups -OCH3 is 1. The van der Waals surface area contributed by atoms with Gasteiger partial charge in [-0.3, -0.25) is 13.9 Å². The average molecular weight is 524 g/mol. The highest BCUT2D eigenvalue weighted by atomic mass is 35.5. The molecule has 0 spiro atoms. The van der Waals surface area contributed by atoms with Crippen molar-refractivity contribution in [3.63, 3.8) is 0 Å². The number of hydrogen-bond donors (Lipinski definition) is 1. The fourth-order valence-corrected chi connectivity index (χ4v) is 4.56. The lowest BCUT2D eigenvalue weighted by Crippen LogP contribution is -2.51. The van der Waals surface area contributed by atoms with E-state index in [9.17, 15) is 18.0 Å². The van der Waals surface area contributed by atoms with Gasteiger partial charge in [0.2, 0.25) is 21.8 Å². The van der Waals surface area contributed by atoms with E-state index in [1.807, 2.05) is 45.0 Å². The lowest BCUT2D eigenvalue weighted by Gasteiger charge is -2.31. The van der Waals surface area contributed by atoms with Crippen LogP contribution in [0.2, 0.25) is 5.02 Å². The summed E-state index contributed by atoms with van der Waals surface area (Å²) in [7, 11) is -2.39. The molecule has 2 rings (SSSR count). The van der Waals surface area contributed by atoms with Crippen LogP contribution in [0.15, 0.2) is 42.5 Å². The van der Waals surface area contributed by atoms with Crippen LogP contribution in [0.25, 0.3) is 0 Å². The zero-order valence-electron chi connectivity index (χ0n) is 21.0. The highest BCUT2D eigenvalue weighted by molar-refractivity contribution is 7.92. The summed E-state index contributed by atoms with van der Waals surface area (Å²) >= 11 is 6.20. The van der Waals surface area contributed by atoms with Crippen molar-refractivity contribution in [2.75, 3.05) is 30.8 Å². The minimum atomic E-state index is -3.84. The van der Waals surface area contributed by atoms with Crippen LogP contribution < -0.4 is 14.4 Å². The molecule has 0 heterocycles. The molecule has 0 fully saturated rings. The number of nitrogens with zero attached hydrogens (tertiary/aromatic N) is 2. The number of sulfonamides is 1. The molecule has 0 bridgehead atoms. The summed E-state index contributed by atoms with van der Waals surface area (Å²) in [6.45, 7) is 7.66. The number of nitrogens with one attached hydrogen (secondary N) is 1.